The first-order valence-corrected chi connectivity index (χ1v) is 9.96. The fourth-order valence-corrected chi connectivity index (χ4v) is 5.12. The molecule has 5 rings (SSSR count). The average molecular weight is 382 g/mol. The van der Waals surface area contributed by atoms with Gasteiger partial charge in [-0.3, -0.25) is 14.9 Å². The van der Waals surface area contributed by atoms with Crippen LogP contribution in [0, 0.1) is 5.92 Å². The van der Waals surface area contributed by atoms with Crippen LogP contribution in [0.1, 0.15) is 34.3 Å². The molecule has 0 radical (unpaired) electrons. The second kappa shape index (κ2) is 6.68. The van der Waals surface area contributed by atoms with E-state index in [1.54, 1.807) is 0 Å². The lowest BCUT2D eigenvalue weighted by atomic mass is 9.70. The van der Waals surface area contributed by atoms with Gasteiger partial charge in [0.05, 0.1) is 0 Å². The van der Waals surface area contributed by atoms with Gasteiger partial charge in [-0.1, -0.05) is 78.9 Å². The van der Waals surface area contributed by atoms with Gasteiger partial charge in [0, 0.05) is 34.7 Å². The summed E-state index contributed by atoms with van der Waals surface area (Å²) >= 11 is 0. The average Bonchev–Trinajstić information content (AvgIpc) is 3.23. The molecular weight excluding hydrogens is 360 g/mol. The van der Waals surface area contributed by atoms with Crippen molar-refractivity contribution >= 4 is 17.4 Å². The predicted molar refractivity (Wildman–Crippen MR) is 113 cm³/mol. The van der Waals surface area contributed by atoms with E-state index in [0.717, 1.165) is 16.8 Å². The number of amides is 1. The molecule has 4 nitrogen and oxygen atoms in total. The molecule has 29 heavy (non-hydrogen) atoms. The molecule has 4 heteroatoms. The molecule has 2 aliphatic heterocycles. The van der Waals surface area contributed by atoms with Crippen molar-refractivity contribution in [2.45, 2.75) is 24.4 Å². The SMILES string of the molecule is C[C@@H]1N[C@@]2(C(=O)Nc3ccccc32)[C@H](c2ccccc2)[C@H]1C(=O)c1ccccc1. The fourth-order valence-electron chi connectivity index (χ4n) is 5.12. The van der Waals surface area contributed by atoms with Crippen molar-refractivity contribution in [3.05, 3.63) is 102 Å². The van der Waals surface area contributed by atoms with Crippen LogP contribution >= 0.6 is 0 Å². The van der Waals surface area contributed by atoms with Gasteiger partial charge in [0.15, 0.2) is 5.78 Å². The van der Waals surface area contributed by atoms with E-state index in [-0.39, 0.29) is 29.6 Å². The van der Waals surface area contributed by atoms with Crippen molar-refractivity contribution in [1.29, 1.82) is 0 Å². The highest BCUT2D eigenvalue weighted by Gasteiger charge is 2.62. The molecular formula is C25H22N2O2. The highest BCUT2D eigenvalue weighted by molar-refractivity contribution is 6.09. The van der Waals surface area contributed by atoms with Gasteiger partial charge in [-0.25, -0.2) is 0 Å². The number of para-hydroxylation sites is 1. The lowest BCUT2D eigenvalue weighted by Gasteiger charge is -2.32. The van der Waals surface area contributed by atoms with Crippen LogP contribution in [0.3, 0.4) is 0 Å². The Labute approximate surface area is 170 Å². The van der Waals surface area contributed by atoms with Gasteiger partial charge in [0.2, 0.25) is 5.91 Å². The van der Waals surface area contributed by atoms with Crippen molar-refractivity contribution in [3.63, 3.8) is 0 Å². The van der Waals surface area contributed by atoms with E-state index in [2.05, 4.69) is 10.6 Å². The standard InChI is InChI=1S/C25H22N2O2/c1-16-21(23(28)18-12-6-3-7-13-18)22(17-10-4-2-5-11-17)25(27-16)19-14-8-9-15-20(19)26-24(25)29/h2-16,21-22,27H,1H3,(H,26,29)/t16-,21-,22+,25+/m0/s1. The Balaban J connectivity index is 1.71. The van der Waals surface area contributed by atoms with E-state index < -0.39 is 5.54 Å². The quantitative estimate of drug-likeness (QED) is 0.671. The third-order valence-electron chi connectivity index (χ3n) is 6.30. The predicted octanol–water partition coefficient (Wildman–Crippen LogP) is 4.11. The number of ketones is 1. The van der Waals surface area contributed by atoms with Crippen LogP contribution in [0.4, 0.5) is 5.69 Å². The summed E-state index contributed by atoms with van der Waals surface area (Å²) in [6.45, 7) is 2.00. The third-order valence-corrected chi connectivity index (χ3v) is 6.30. The summed E-state index contributed by atoms with van der Waals surface area (Å²) in [7, 11) is 0. The zero-order chi connectivity index (χ0) is 20.0. The van der Waals surface area contributed by atoms with Crippen molar-refractivity contribution in [1.82, 2.24) is 5.32 Å². The maximum absolute atomic E-state index is 13.6. The summed E-state index contributed by atoms with van der Waals surface area (Å²) in [5.41, 5.74) is 2.42. The van der Waals surface area contributed by atoms with Gasteiger partial charge in [-0.15, -0.1) is 0 Å². The molecule has 0 saturated carbocycles. The summed E-state index contributed by atoms with van der Waals surface area (Å²) < 4.78 is 0. The minimum atomic E-state index is -0.966. The number of fused-ring (bicyclic) bond motifs is 2. The first kappa shape index (κ1) is 17.8. The molecule has 1 fully saturated rings. The van der Waals surface area contributed by atoms with Gasteiger partial charge in [-0.05, 0) is 18.6 Å². The normalized spacial score (nSPS) is 27.6. The Morgan fingerprint density at radius 3 is 2.21 bits per heavy atom. The van der Waals surface area contributed by atoms with Crippen LogP contribution in [0.25, 0.3) is 0 Å². The van der Waals surface area contributed by atoms with Gasteiger partial charge >= 0.3 is 0 Å². The minimum absolute atomic E-state index is 0.0634. The number of rotatable bonds is 3. The fraction of sp³-hybridized carbons (Fsp3) is 0.200. The highest BCUT2D eigenvalue weighted by Crippen LogP contribution is 2.54. The first-order valence-electron chi connectivity index (χ1n) is 9.96. The van der Waals surface area contributed by atoms with E-state index >= 15 is 0 Å². The number of Topliss-reactive ketones (excluding diaryl/α,β-unsaturated/α-hetero) is 1. The van der Waals surface area contributed by atoms with Crippen LogP contribution in [0.5, 0.6) is 0 Å². The number of anilines is 1. The van der Waals surface area contributed by atoms with E-state index in [4.69, 9.17) is 0 Å². The van der Waals surface area contributed by atoms with Gasteiger partial charge < -0.3 is 5.32 Å². The Hall–Kier alpha value is -3.24. The number of hydrogen-bond acceptors (Lipinski definition) is 3. The van der Waals surface area contributed by atoms with Crippen LogP contribution < -0.4 is 10.6 Å². The molecule has 2 N–H and O–H groups in total. The molecule has 0 aromatic heterocycles. The molecule has 1 spiro atoms. The number of nitrogens with one attached hydrogen (secondary N) is 2. The number of hydrogen-bond donors (Lipinski definition) is 2. The molecule has 3 aromatic rings. The Kier molecular flexibility index (Phi) is 4.10. The minimum Gasteiger partial charge on any atom is -0.324 e. The Morgan fingerprint density at radius 1 is 0.862 bits per heavy atom. The molecule has 4 atom stereocenters. The third kappa shape index (κ3) is 2.56. The molecule has 1 amide bonds. The zero-order valence-corrected chi connectivity index (χ0v) is 16.1. The maximum atomic E-state index is 13.6. The smallest absolute Gasteiger partial charge is 0.250 e. The number of carbonyl (C=O) groups is 2. The van der Waals surface area contributed by atoms with Crippen molar-refractivity contribution in [2.75, 3.05) is 5.32 Å². The summed E-state index contributed by atoms with van der Waals surface area (Å²) in [6, 6.07) is 26.9. The van der Waals surface area contributed by atoms with Crippen molar-refractivity contribution < 1.29 is 9.59 Å². The van der Waals surface area contributed by atoms with E-state index in [9.17, 15) is 9.59 Å². The molecule has 2 heterocycles. The lowest BCUT2D eigenvalue weighted by Crippen LogP contribution is -2.48. The molecule has 0 unspecified atom stereocenters. The van der Waals surface area contributed by atoms with E-state index in [1.165, 1.54) is 0 Å². The number of benzene rings is 3. The van der Waals surface area contributed by atoms with Crippen LogP contribution in [-0.4, -0.2) is 17.7 Å². The summed E-state index contributed by atoms with van der Waals surface area (Å²) in [5.74, 6) is -0.706. The molecule has 2 aliphatic rings. The van der Waals surface area contributed by atoms with Crippen LogP contribution in [-0.2, 0) is 10.3 Å². The van der Waals surface area contributed by atoms with Gasteiger partial charge in [0.25, 0.3) is 0 Å². The van der Waals surface area contributed by atoms with E-state index in [0.29, 0.717) is 5.56 Å². The molecule has 3 aromatic carbocycles. The molecule has 0 bridgehead atoms. The second-order valence-electron chi connectivity index (χ2n) is 7.89. The van der Waals surface area contributed by atoms with Crippen LogP contribution in [0.15, 0.2) is 84.9 Å². The highest BCUT2D eigenvalue weighted by atomic mass is 16.2. The van der Waals surface area contributed by atoms with Crippen LogP contribution in [0.2, 0.25) is 0 Å². The largest absolute Gasteiger partial charge is 0.324 e. The lowest BCUT2D eigenvalue weighted by molar-refractivity contribution is -0.122. The Morgan fingerprint density at radius 2 is 1.48 bits per heavy atom. The monoisotopic (exact) mass is 382 g/mol. The second-order valence-corrected chi connectivity index (χ2v) is 7.89. The maximum Gasteiger partial charge on any atom is 0.250 e. The number of carbonyl (C=O) groups excluding carboxylic acids is 2. The summed E-state index contributed by atoms with van der Waals surface area (Å²) in [5, 5.41) is 6.59. The zero-order valence-electron chi connectivity index (χ0n) is 16.1. The van der Waals surface area contributed by atoms with Gasteiger partial charge in [-0.2, -0.15) is 0 Å². The van der Waals surface area contributed by atoms with Crippen molar-refractivity contribution in [2.24, 2.45) is 5.92 Å². The molecule has 144 valence electrons. The van der Waals surface area contributed by atoms with Gasteiger partial charge in [0.1, 0.15) is 5.54 Å². The summed E-state index contributed by atoms with van der Waals surface area (Å²) in [4.78, 5) is 27.0. The Bertz CT molecular complexity index is 1080. The molecule has 0 aliphatic carbocycles. The first-order chi connectivity index (χ1) is 14.1. The van der Waals surface area contributed by atoms with Crippen molar-refractivity contribution in [3.8, 4) is 0 Å². The van der Waals surface area contributed by atoms with E-state index in [1.807, 2.05) is 91.9 Å². The topological polar surface area (TPSA) is 58.2 Å². The molecule has 1 saturated heterocycles. The summed E-state index contributed by atoms with van der Waals surface area (Å²) in [6.07, 6.45) is 0.